The van der Waals surface area contributed by atoms with Gasteiger partial charge in [0, 0.05) is 0 Å². The second-order valence-electron chi connectivity index (χ2n) is 4.50. The Bertz CT molecular complexity index is 351. The Kier molecular flexibility index (Phi) is 6.95. The van der Waals surface area contributed by atoms with E-state index in [0.717, 1.165) is 0 Å². The van der Waals surface area contributed by atoms with Crippen LogP contribution in [0.25, 0.3) is 0 Å². The van der Waals surface area contributed by atoms with Crippen LogP contribution >= 0.6 is 0 Å². The summed E-state index contributed by atoms with van der Waals surface area (Å²) in [6.45, 7) is 6.47. The Labute approximate surface area is 110 Å². The highest BCUT2D eigenvalue weighted by Crippen LogP contribution is 2.07. The third kappa shape index (κ3) is 8.92. The van der Waals surface area contributed by atoms with E-state index in [1.54, 1.807) is 27.7 Å². The van der Waals surface area contributed by atoms with Crippen molar-refractivity contribution in [3.05, 3.63) is 0 Å². The van der Waals surface area contributed by atoms with Gasteiger partial charge in [0.25, 0.3) is 6.43 Å². The van der Waals surface area contributed by atoms with Crippen molar-refractivity contribution in [1.82, 2.24) is 5.43 Å². The average Bonchev–Trinajstić information content (AvgIpc) is 2.21. The van der Waals surface area contributed by atoms with Crippen LogP contribution in [0.4, 0.5) is 13.6 Å². The average molecular weight is 280 g/mol. The molecule has 0 aromatic carbocycles. The lowest BCUT2D eigenvalue weighted by Crippen LogP contribution is -2.31. The summed E-state index contributed by atoms with van der Waals surface area (Å²) in [6.07, 6.45) is -4.64. The predicted molar refractivity (Wildman–Crippen MR) is 64.1 cm³/mol. The summed E-state index contributed by atoms with van der Waals surface area (Å²) >= 11 is 0. The number of carbonyl (C=O) groups excluding carboxylic acids is 2. The number of hydrogen-bond acceptors (Lipinski definition) is 5. The number of nitrogens with one attached hydrogen (secondary N) is 1. The Balaban J connectivity index is 4.51. The number of rotatable bonds is 5. The molecular weight excluding hydrogens is 262 g/mol. The van der Waals surface area contributed by atoms with Gasteiger partial charge in [-0.2, -0.15) is 5.10 Å². The Morgan fingerprint density at radius 1 is 1.32 bits per heavy atom. The molecule has 0 aromatic rings. The number of hydrogen-bond donors (Lipinski definition) is 1. The molecule has 0 spiro atoms. The molecular formula is C11H18F2N2O4. The topological polar surface area (TPSA) is 77.0 Å². The molecule has 0 aliphatic heterocycles. The highest BCUT2D eigenvalue weighted by Gasteiger charge is 2.20. The maximum Gasteiger partial charge on any atom is 0.428 e. The Morgan fingerprint density at radius 3 is 2.32 bits per heavy atom. The van der Waals surface area contributed by atoms with Crippen LogP contribution in [0.15, 0.2) is 5.10 Å². The largest absolute Gasteiger partial charge is 0.466 e. The number of alkyl halides is 2. The van der Waals surface area contributed by atoms with Crippen LogP contribution in [-0.2, 0) is 14.3 Å². The molecule has 110 valence electrons. The van der Waals surface area contributed by atoms with E-state index < -0.39 is 36.2 Å². The van der Waals surface area contributed by atoms with Crippen molar-refractivity contribution in [2.45, 2.75) is 46.1 Å². The number of carbonyl (C=O) groups is 2. The van der Waals surface area contributed by atoms with Gasteiger partial charge in [0.05, 0.1) is 13.0 Å². The molecule has 19 heavy (non-hydrogen) atoms. The fourth-order valence-electron chi connectivity index (χ4n) is 0.944. The van der Waals surface area contributed by atoms with E-state index in [4.69, 9.17) is 4.74 Å². The summed E-state index contributed by atoms with van der Waals surface area (Å²) in [5.74, 6) is -0.840. The zero-order valence-electron chi connectivity index (χ0n) is 11.3. The molecule has 8 heteroatoms. The fourth-order valence-corrected chi connectivity index (χ4v) is 0.944. The first-order chi connectivity index (χ1) is 8.65. The monoisotopic (exact) mass is 280 g/mol. The van der Waals surface area contributed by atoms with Crippen LogP contribution in [0.3, 0.4) is 0 Å². The van der Waals surface area contributed by atoms with Gasteiger partial charge >= 0.3 is 12.1 Å². The molecule has 0 aromatic heterocycles. The van der Waals surface area contributed by atoms with Crippen molar-refractivity contribution in [3.8, 4) is 0 Å². The van der Waals surface area contributed by atoms with Crippen molar-refractivity contribution in [3.63, 3.8) is 0 Å². The molecule has 6 nitrogen and oxygen atoms in total. The summed E-state index contributed by atoms with van der Waals surface area (Å²) in [5.41, 5.74) is 0.247. The van der Waals surface area contributed by atoms with Crippen LogP contribution in [-0.4, -0.2) is 36.4 Å². The minimum atomic E-state index is -2.97. The molecule has 0 fully saturated rings. The lowest BCUT2D eigenvalue weighted by Gasteiger charge is -2.18. The van der Waals surface area contributed by atoms with E-state index in [-0.39, 0.29) is 6.61 Å². The molecule has 0 aliphatic carbocycles. The Hall–Kier alpha value is -1.73. The maximum atomic E-state index is 12.6. The molecule has 0 saturated heterocycles. The van der Waals surface area contributed by atoms with Gasteiger partial charge in [-0.05, 0) is 27.7 Å². The molecule has 0 bridgehead atoms. The number of hydrazone groups is 1. The minimum absolute atomic E-state index is 0.0782. The van der Waals surface area contributed by atoms with Gasteiger partial charge in [-0.1, -0.05) is 0 Å². The van der Waals surface area contributed by atoms with Gasteiger partial charge in [-0.15, -0.1) is 0 Å². The molecule has 0 aliphatic rings. The van der Waals surface area contributed by atoms with Gasteiger partial charge in [-0.25, -0.2) is 19.0 Å². The van der Waals surface area contributed by atoms with E-state index in [9.17, 15) is 18.4 Å². The lowest BCUT2D eigenvalue weighted by atomic mass is 10.2. The normalized spacial score (nSPS) is 12.3. The SMILES string of the molecule is CCOC(=O)CC(=NNC(=O)OC(C)(C)C)C(F)F. The summed E-state index contributed by atoms with van der Waals surface area (Å²) in [5, 5.41) is 3.17. The van der Waals surface area contributed by atoms with E-state index in [0.29, 0.717) is 0 Å². The highest BCUT2D eigenvalue weighted by molar-refractivity contribution is 6.01. The third-order valence-electron chi connectivity index (χ3n) is 1.57. The maximum absolute atomic E-state index is 12.6. The molecule has 0 atom stereocenters. The quantitative estimate of drug-likeness (QED) is 0.475. The van der Waals surface area contributed by atoms with Crippen molar-refractivity contribution < 1.29 is 27.8 Å². The lowest BCUT2D eigenvalue weighted by molar-refractivity contribution is -0.141. The summed E-state index contributed by atoms with van der Waals surface area (Å²) in [7, 11) is 0. The first-order valence-electron chi connectivity index (χ1n) is 5.65. The number of esters is 1. The zero-order valence-corrected chi connectivity index (χ0v) is 11.3. The second-order valence-corrected chi connectivity index (χ2v) is 4.50. The smallest absolute Gasteiger partial charge is 0.428 e. The minimum Gasteiger partial charge on any atom is -0.466 e. The van der Waals surface area contributed by atoms with E-state index in [1.807, 2.05) is 5.43 Å². The van der Waals surface area contributed by atoms with Gasteiger partial charge in [0.15, 0.2) is 0 Å². The van der Waals surface area contributed by atoms with E-state index >= 15 is 0 Å². The highest BCUT2D eigenvalue weighted by atomic mass is 19.3. The van der Waals surface area contributed by atoms with Gasteiger partial charge in [0.2, 0.25) is 0 Å². The van der Waals surface area contributed by atoms with Crippen LogP contribution in [0.2, 0.25) is 0 Å². The summed E-state index contributed by atoms with van der Waals surface area (Å²) in [4.78, 5) is 22.2. The van der Waals surface area contributed by atoms with Gasteiger partial charge in [-0.3, -0.25) is 4.79 Å². The fraction of sp³-hybridized carbons (Fsp3) is 0.727. The van der Waals surface area contributed by atoms with Crippen molar-refractivity contribution >= 4 is 17.8 Å². The summed E-state index contributed by atoms with van der Waals surface area (Å²) in [6, 6.07) is 0. The molecule has 1 N–H and O–H groups in total. The zero-order chi connectivity index (χ0) is 15.1. The standard InChI is InChI=1S/C11H18F2N2O4/c1-5-18-8(16)6-7(9(12)13)14-15-10(17)19-11(2,3)4/h9H,5-6H2,1-4H3,(H,15,17). The van der Waals surface area contributed by atoms with Crippen LogP contribution in [0.5, 0.6) is 0 Å². The van der Waals surface area contributed by atoms with Crippen molar-refractivity contribution in [2.24, 2.45) is 5.10 Å². The molecule has 0 radical (unpaired) electrons. The van der Waals surface area contributed by atoms with Gasteiger partial charge in [0.1, 0.15) is 11.3 Å². The number of amides is 1. The molecule has 0 heterocycles. The van der Waals surface area contributed by atoms with Crippen LogP contribution in [0, 0.1) is 0 Å². The predicted octanol–water partition coefficient (Wildman–Crippen LogP) is 2.09. The molecule has 1 amide bonds. The number of nitrogens with zero attached hydrogens (tertiary/aromatic N) is 1. The molecule has 0 saturated carbocycles. The van der Waals surface area contributed by atoms with Crippen LogP contribution in [0.1, 0.15) is 34.1 Å². The van der Waals surface area contributed by atoms with Crippen LogP contribution < -0.4 is 5.43 Å². The van der Waals surface area contributed by atoms with Gasteiger partial charge < -0.3 is 9.47 Å². The Morgan fingerprint density at radius 2 is 1.89 bits per heavy atom. The van der Waals surface area contributed by atoms with E-state index in [2.05, 4.69) is 9.84 Å². The third-order valence-corrected chi connectivity index (χ3v) is 1.57. The number of ether oxygens (including phenoxy) is 2. The molecule has 0 rings (SSSR count). The first kappa shape index (κ1) is 17.3. The second kappa shape index (κ2) is 7.65. The number of halogens is 2. The van der Waals surface area contributed by atoms with Crippen molar-refractivity contribution in [2.75, 3.05) is 6.61 Å². The summed E-state index contributed by atoms with van der Waals surface area (Å²) < 4.78 is 34.4. The molecule has 0 unspecified atom stereocenters. The first-order valence-corrected chi connectivity index (χ1v) is 5.65. The van der Waals surface area contributed by atoms with E-state index in [1.165, 1.54) is 0 Å². The van der Waals surface area contributed by atoms with Crippen molar-refractivity contribution in [1.29, 1.82) is 0 Å².